The maximum Gasteiger partial charge on any atom is 0.432 e. The summed E-state index contributed by atoms with van der Waals surface area (Å²) in [7, 11) is 0. The SMILES string of the molecule is CCCCC(C)(C)c1cc2c(cc1Cl)C=C(C(=O)O)[C@@](CC)(C(F)(F)F)O2. The standard InChI is InChI=1S/C20H24ClF3O3/c1-5-7-8-18(3,4)13-11-16-12(10-15(13)21)9-14(17(25)26)19(6-2,27-16)20(22,23)24/h9-11H,5-8H2,1-4H3,(H,25,26)/t19-/m0/s1. The summed E-state index contributed by atoms with van der Waals surface area (Å²) < 4.78 is 46.8. The number of alkyl halides is 3. The quantitative estimate of drug-likeness (QED) is 0.598. The molecule has 0 saturated carbocycles. The van der Waals surface area contributed by atoms with E-state index < -0.39 is 29.7 Å². The molecule has 0 aromatic heterocycles. The Bertz CT molecular complexity index is 768. The molecular weight excluding hydrogens is 381 g/mol. The summed E-state index contributed by atoms with van der Waals surface area (Å²) in [5.41, 5.74) is -3.14. The van der Waals surface area contributed by atoms with Crippen LogP contribution < -0.4 is 4.74 Å². The average Bonchev–Trinajstić information content (AvgIpc) is 2.57. The minimum absolute atomic E-state index is 0.00292. The van der Waals surface area contributed by atoms with Crippen molar-refractivity contribution < 1.29 is 27.8 Å². The molecule has 1 aliphatic heterocycles. The molecule has 1 aliphatic rings. The van der Waals surface area contributed by atoms with Gasteiger partial charge in [-0.15, -0.1) is 0 Å². The van der Waals surface area contributed by atoms with E-state index in [1.54, 1.807) is 0 Å². The average molecular weight is 405 g/mol. The largest absolute Gasteiger partial charge is 0.478 e. The summed E-state index contributed by atoms with van der Waals surface area (Å²) in [5, 5.41) is 9.75. The number of hydrogen-bond acceptors (Lipinski definition) is 2. The minimum Gasteiger partial charge on any atom is -0.478 e. The lowest BCUT2D eigenvalue weighted by atomic mass is 9.79. The Morgan fingerprint density at radius 3 is 2.37 bits per heavy atom. The molecule has 1 atom stereocenters. The van der Waals surface area contributed by atoms with Crippen LogP contribution in [0.5, 0.6) is 5.75 Å². The van der Waals surface area contributed by atoms with Gasteiger partial charge in [0.15, 0.2) is 0 Å². The van der Waals surface area contributed by atoms with Gasteiger partial charge in [0.05, 0.1) is 5.57 Å². The normalized spacial score (nSPS) is 19.9. The molecule has 0 bridgehead atoms. The van der Waals surface area contributed by atoms with E-state index in [9.17, 15) is 23.1 Å². The van der Waals surface area contributed by atoms with Crippen LogP contribution >= 0.6 is 11.6 Å². The monoisotopic (exact) mass is 404 g/mol. The summed E-state index contributed by atoms with van der Waals surface area (Å²) in [6, 6.07) is 3.01. The third-order valence-corrected chi connectivity index (χ3v) is 5.50. The molecule has 7 heteroatoms. The van der Waals surface area contributed by atoms with Gasteiger partial charge < -0.3 is 9.84 Å². The first-order chi connectivity index (χ1) is 12.4. The van der Waals surface area contributed by atoms with Crippen molar-refractivity contribution in [1.29, 1.82) is 0 Å². The fraction of sp³-hybridized carbons (Fsp3) is 0.550. The lowest BCUT2D eigenvalue weighted by molar-refractivity contribution is -0.236. The second kappa shape index (κ2) is 7.38. The highest BCUT2D eigenvalue weighted by molar-refractivity contribution is 6.31. The van der Waals surface area contributed by atoms with Crippen LogP contribution in [0.1, 0.15) is 64.5 Å². The van der Waals surface area contributed by atoms with Crippen LogP contribution in [0.4, 0.5) is 13.2 Å². The molecule has 0 saturated heterocycles. The van der Waals surface area contributed by atoms with Crippen LogP contribution in [0.2, 0.25) is 5.02 Å². The summed E-state index contributed by atoms with van der Waals surface area (Å²) in [5.74, 6) is -1.66. The Kier molecular flexibility index (Phi) is 5.91. The van der Waals surface area contributed by atoms with Gasteiger partial charge in [0.25, 0.3) is 0 Å². The Morgan fingerprint density at radius 1 is 1.26 bits per heavy atom. The molecule has 3 nitrogen and oxygen atoms in total. The molecule has 0 unspecified atom stereocenters. The van der Waals surface area contributed by atoms with Crippen molar-refractivity contribution in [1.82, 2.24) is 0 Å². The van der Waals surface area contributed by atoms with Crippen molar-refractivity contribution in [2.45, 2.75) is 70.6 Å². The molecule has 1 N–H and O–H groups in total. The van der Waals surface area contributed by atoms with E-state index in [-0.39, 0.29) is 16.7 Å². The molecule has 1 aromatic carbocycles. The van der Waals surface area contributed by atoms with Crippen molar-refractivity contribution in [2.24, 2.45) is 0 Å². The fourth-order valence-electron chi connectivity index (χ4n) is 3.46. The van der Waals surface area contributed by atoms with Crippen LogP contribution in [0.3, 0.4) is 0 Å². The van der Waals surface area contributed by atoms with E-state index in [1.807, 2.05) is 13.8 Å². The van der Waals surface area contributed by atoms with Crippen LogP contribution in [-0.2, 0) is 10.2 Å². The van der Waals surface area contributed by atoms with Gasteiger partial charge in [0, 0.05) is 10.6 Å². The number of carboxylic acids is 1. The third kappa shape index (κ3) is 3.82. The molecule has 0 aliphatic carbocycles. The van der Waals surface area contributed by atoms with Crippen LogP contribution in [0.15, 0.2) is 17.7 Å². The van der Waals surface area contributed by atoms with Crippen molar-refractivity contribution >= 4 is 23.6 Å². The number of halogens is 4. The molecule has 27 heavy (non-hydrogen) atoms. The summed E-state index contributed by atoms with van der Waals surface area (Å²) in [6.07, 6.45) is -1.65. The lowest BCUT2D eigenvalue weighted by Gasteiger charge is -2.39. The Hall–Kier alpha value is -1.69. The first kappa shape index (κ1) is 21.6. The Morgan fingerprint density at radius 2 is 1.89 bits per heavy atom. The number of fused-ring (bicyclic) bond motifs is 1. The molecule has 150 valence electrons. The van der Waals surface area contributed by atoms with Crippen LogP contribution in [0.25, 0.3) is 6.08 Å². The highest BCUT2D eigenvalue weighted by Crippen LogP contribution is 2.49. The van der Waals surface area contributed by atoms with Crippen LogP contribution in [-0.4, -0.2) is 22.9 Å². The van der Waals surface area contributed by atoms with E-state index in [0.717, 1.165) is 25.3 Å². The summed E-state index contributed by atoms with van der Waals surface area (Å²) in [6.45, 7) is 7.28. The zero-order chi connectivity index (χ0) is 20.6. The van der Waals surface area contributed by atoms with Gasteiger partial charge in [-0.2, -0.15) is 13.2 Å². The topological polar surface area (TPSA) is 46.5 Å². The van der Waals surface area contributed by atoms with E-state index in [0.29, 0.717) is 10.6 Å². The van der Waals surface area contributed by atoms with E-state index in [1.165, 1.54) is 19.1 Å². The Labute approximate surface area is 162 Å². The first-order valence-corrected chi connectivity index (χ1v) is 9.32. The molecule has 2 rings (SSSR count). The summed E-state index contributed by atoms with van der Waals surface area (Å²) in [4.78, 5) is 11.5. The minimum atomic E-state index is -4.87. The smallest absolute Gasteiger partial charge is 0.432 e. The number of ether oxygens (including phenoxy) is 1. The number of rotatable bonds is 6. The number of hydrogen-bond donors (Lipinski definition) is 1. The van der Waals surface area contributed by atoms with Gasteiger partial charge in [-0.05, 0) is 42.0 Å². The lowest BCUT2D eigenvalue weighted by Crippen LogP contribution is -2.54. The van der Waals surface area contributed by atoms with Crippen molar-refractivity contribution in [3.63, 3.8) is 0 Å². The van der Waals surface area contributed by atoms with Crippen molar-refractivity contribution in [2.75, 3.05) is 0 Å². The maximum atomic E-state index is 13.8. The van der Waals surface area contributed by atoms with Crippen LogP contribution in [0, 0.1) is 0 Å². The molecule has 0 amide bonds. The van der Waals surface area contributed by atoms with Crippen molar-refractivity contribution in [3.8, 4) is 5.75 Å². The molecular formula is C20H24ClF3O3. The van der Waals surface area contributed by atoms with E-state index in [2.05, 4.69) is 6.92 Å². The van der Waals surface area contributed by atoms with Gasteiger partial charge in [-0.3, -0.25) is 0 Å². The molecule has 1 aromatic rings. The Balaban J connectivity index is 2.65. The van der Waals surface area contributed by atoms with Gasteiger partial charge >= 0.3 is 12.1 Å². The zero-order valence-electron chi connectivity index (χ0n) is 15.8. The van der Waals surface area contributed by atoms with E-state index in [4.69, 9.17) is 16.3 Å². The fourth-order valence-corrected chi connectivity index (χ4v) is 3.89. The number of unbranched alkanes of at least 4 members (excludes halogenated alkanes) is 1. The zero-order valence-corrected chi connectivity index (χ0v) is 16.6. The van der Waals surface area contributed by atoms with Gasteiger partial charge in [-0.1, -0.05) is 52.1 Å². The highest BCUT2D eigenvalue weighted by Gasteiger charge is 2.62. The second-order valence-electron chi connectivity index (χ2n) is 7.50. The first-order valence-electron chi connectivity index (χ1n) is 8.95. The number of benzene rings is 1. The highest BCUT2D eigenvalue weighted by atomic mass is 35.5. The number of aliphatic carboxylic acids is 1. The predicted molar refractivity (Wildman–Crippen MR) is 99.3 cm³/mol. The molecule has 0 spiro atoms. The molecule has 0 radical (unpaired) electrons. The third-order valence-electron chi connectivity index (χ3n) is 5.19. The number of carboxylic acid groups (broad SMARTS) is 1. The second-order valence-corrected chi connectivity index (χ2v) is 7.91. The molecule has 1 heterocycles. The van der Waals surface area contributed by atoms with E-state index >= 15 is 0 Å². The van der Waals surface area contributed by atoms with Gasteiger partial charge in [0.1, 0.15) is 5.75 Å². The summed E-state index contributed by atoms with van der Waals surface area (Å²) >= 11 is 6.39. The molecule has 0 fully saturated rings. The maximum absolute atomic E-state index is 13.8. The van der Waals surface area contributed by atoms with Gasteiger partial charge in [0.2, 0.25) is 5.60 Å². The number of carbonyl (C=O) groups is 1. The van der Waals surface area contributed by atoms with Crippen molar-refractivity contribution in [3.05, 3.63) is 33.9 Å². The van der Waals surface area contributed by atoms with Gasteiger partial charge in [-0.25, -0.2) is 4.79 Å². The predicted octanol–water partition coefficient (Wildman–Crippen LogP) is 6.38.